The Bertz CT molecular complexity index is 1080. The summed E-state index contributed by atoms with van der Waals surface area (Å²) in [6, 6.07) is 12.2. The fourth-order valence-electron chi connectivity index (χ4n) is 2.70. The zero-order chi connectivity index (χ0) is 21.4. The summed E-state index contributed by atoms with van der Waals surface area (Å²) >= 11 is 0. The summed E-state index contributed by atoms with van der Waals surface area (Å²) in [5.41, 5.74) is 2.89. The highest BCUT2D eigenvalue weighted by Gasteiger charge is 2.11. The molecule has 160 valence electrons. The molecule has 0 spiro atoms. The number of amides is 1. The first-order valence-electron chi connectivity index (χ1n) is 8.83. The van der Waals surface area contributed by atoms with Crippen molar-refractivity contribution in [1.29, 1.82) is 0 Å². The minimum Gasteiger partial charge on any atom is -0.352 e. The van der Waals surface area contributed by atoms with E-state index in [1.807, 2.05) is 6.07 Å². The van der Waals surface area contributed by atoms with Crippen LogP contribution in [0, 0.1) is 19.3 Å². The van der Waals surface area contributed by atoms with E-state index in [-0.39, 0.29) is 36.4 Å². The first-order valence-corrected chi connectivity index (χ1v) is 10.7. The Morgan fingerprint density at radius 1 is 1.17 bits per heavy atom. The fraction of sp³-hybridized carbons (Fsp3) is 0.238. The van der Waals surface area contributed by atoms with E-state index in [9.17, 15) is 13.2 Å². The van der Waals surface area contributed by atoms with Crippen LogP contribution in [0.5, 0.6) is 0 Å². The quantitative estimate of drug-likeness (QED) is 0.226. The number of terminal acetylenes is 1. The van der Waals surface area contributed by atoms with Gasteiger partial charge in [0.05, 0.1) is 11.4 Å². The number of aryl methyl sites for hydroxylation is 1. The van der Waals surface area contributed by atoms with Gasteiger partial charge in [-0.3, -0.25) is 9.79 Å². The van der Waals surface area contributed by atoms with Crippen LogP contribution in [0.2, 0.25) is 0 Å². The van der Waals surface area contributed by atoms with Crippen molar-refractivity contribution >= 4 is 51.4 Å². The number of hydrogen-bond acceptors (Lipinski definition) is 4. The molecule has 0 atom stereocenters. The average molecular weight is 540 g/mol. The standard InChI is InChI=1S/C21H24N4O3S.HI/c1-5-16-7-6-8-18(12-16)25-20(26)14-24-21(22-3)23-13-17-9-10-19(15(2)11-17)29(4,27)28;/h1,6-12H,13-14H2,2-4H3,(H,25,26)(H2,22,23,24);1H. The Morgan fingerprint density at radius 3 is 2.50 bits per heavy atom. The Labute approximate surface area is 194 Å². The van der Waals surface area contributed by atoms with E-state index < -0.39 is 9.84 Å². The normalized spacial score (nSPS) is 11.1. The molecule has 0 unspecified atom stereocenters. The third kappa shape index (κ3) is 7.68. The van der Waals surface area contributed by atoms with Crippen molar-refractivity contribution in [2.75, 3.05) is 25.2 Å². The molecule has 7 nitrogen and oxygen atoms in total. The van der Waals surface area contributed by atoms with Crippen molar-refractivity contribution in [3.63, 3.8) is 0 Å². The monoisotopic (exact) mass is 540 g/mol. The number of hydrogen-bond donors (Lipinski definition) is 3. The number of aliphatic imine (C=N–C) groups is 1. The van der Waals surface area contributed by atoms with Crippen LogP contribution in [0.25, 0.3) is 0 Å². The molecule has 0 aromatic heterocycles. The minimum absolute atomic E-state index is 0. The maximum Gasteiger partial charge on any atom is 0.243 e. The lowest BCUT2D eigenvalue weighted by Gasteiger charge is -2.13. The second kappa shape index (κ2) is 11.6. The summed E-state index contributed by atoms with van der Waals surface area (Å²) in [5, 5.41) is 8.78. The van der Waals surface area contributed by atoms with Gasteiger partial charge < -0.3 is 16.0 Å². The largest absolute Gasteiger partial charge is 0.352 e. The lowest BCUT2D eigenvalue weighted by Crippen LogP contribution is -2.41. The smallest absolute Gasteiger partial charge is 0.243 e. The molecular formula is C21H25IN4O3S. The molecule has 1 amide bonds. The molecule has 0 heterocycles. The molecule has 2 rings (SSSR count). The van der Waals surface area contributed by atoms with E-state index in [1.54, 1.807) is 50.4 Å². The van der Waals surface area contributed by atoms with E-state index in [0.717, 1.165) is 5.56 Å². The van der Waals surface area contributed by atoms with Crippen molar-refractivity contribution in [2.24, 2.45) is 4.99 Å². The second-order valence-electron chi connectivity index (χ2n) is 6.42. The predicted octanol–water partition coefficient (Wildman–Crippen LogP) is 2.30. The number of guanidine groups is 1. The molecule has 0 aliphatic carbocycles. The Balaban J connectivity index is 0.00000450. The number of halogens is 1. The van der Waals surface area contributed by atoms with E-state index in [1.165, 1.54) is 6.26 Å². The number of benzene rings is 2. The predicted molar refractivity (Wildman–Crippen MR) is 131 cm³/mol. The van der Waals surface area contributed by atoms with Crippen molar-refractivity contribution in [1.82, 2.24) is 10.6 Å². The molecule has 0 fully saturated rings. The van der Waals surface area contributed by atoms with Crippen LogP contribution in [0.4, 0.5) is 5.69 Å². The highest BCUT2D eigenvalue weighted by molar-refractivity contribution is 14.0. The molecular weight excluding hydrogens is 515 g/mol. The van der Waals surface area contributed by atoms with Crippen molar-refractivity contribution in [3.05, 3.63) is 59.2 Å². The molecule has 3 N–H and O–H groups in total. The Hall–Kier alpha value is -2.58. The number of anilines is 1. The number of nitrogens with zero attached hydrogens (tertiary/aromatic N) is 1. The molecule has 0 bridgehead atoms. The second-order valence-corrected chi connectivity index (χ2v) is 8.41. The number of sulfone groups is 1. The van der Waals surface area contributed by atoms with Gasteiger partial charge in [0.2, 0.25) is 5.91 Å². The Morgan fingerprint density at radius 2 is 1.90 bits per heavy atom. The highest BCUT2D eigenvalue weighted by atomic mass is 127. The molecule has 0 saturated carbocycles. The van der Waals surface area contributed by atoms with Gasteiger partial charge in [0.1, 0.15) is 0 Å². The SMILES string of the molecule is C#Cc1cccc(NC(=O)CNC(=NC)NCc2ccc(S(C)(=O)=O)c(C)c2)c1.I. The van der Waals surface area contributed by atoms with E-state index in [0.29, 0.717) is 34.2 Å². The maximum absolute atomic E-state index is 12.1. The first kappa shape index (κ1) is 25.5. The van der Waals surface area contributed by atoms with Gasteiger partial charge in [-0.15, -0.1) is 30.4 Å². The summed E-state index contributed by atoms with van der Waals surface area (Å²) < 4.78 is 23.4. The van der Waals surface area contributed by atoms with E-state index in [2.05, 4.69) is 26.9 Å². The summed E-state index contributed by atoms with van der Waals surface area (Å²) in [6.45, 7) is 2.20. The van der Waals surface area contributed by atoms with Crippen LogP contribution in [-0.4, -0.2) is 40.1 Å². The van der Waals surface area contributed by atoms with Crippen molar-refractivity contribution in [2.45, 2.75) is 18.4 Å². The minimum atomic E-state index is -3.25. The van der Waals surface area contributed by atoms with E-state index >= 15 is 0 Å². The highest BCUT2D eigenvalue weighted by Crippen LogP contribution is 2.16. The van der Waals surface area contributed by atoms with Crippen LogP contribution in [0.3, 0.4) is 0 Å². The molecule has 9 heteroatoms. The van der Waals surface area contributed by atoms with Gasteiger partial charge in [0, 0.05) is 31.1 Å². The van der Waals surface area contributed by atoms with Gasteiger partial charge in [0.25, 0.3) is 0 Å². The first-order chi connectivity index (χ1) is 13.7. The zero-order valence-corrected chi connectivity index (χ0v) is 20.2. The molecule has 2 aromatic rings. The lowest BCUT2D eigenvalue weighted by molar-refractivity contribution is -0.115. The number of carbonyl (C=O) groups is 1. The summed E-state index contributed by atoms with van der Waals surface area (Å²) in [6.07, 6.45) is 6.54. The molecule has 2 aromatic carbocycles. The lowest BCUT2D eigenvalue weighted by atomic mass is 10.1. The topological polar surface area (TPSA) is 99.7 Å². The molecule has 0 aliphatic rings. The van der Waals surface area contributed by atoms with Crippen molar-refractivity contribution < 1.29 is 13.2 Å². The molecule has 30 heavy (non-hydrogen) atoms. The molecule has 0 radical (unpaired) electrons. The van der Waals surface area contributed by atoms with Crippen LogP contribution in [0.1, 0.15) is 16.7 Å². The van der Waals surface area contributed by atoms with Crippen LogP contribution >= 0.6 is 24.0 Å². The fourth-order valence-corrected chi connectivity index (χ4v) is 3.66. The average Bonchev–Trinajstić information content (AvgIpc) is 2.67. The van der Waals surface area contributed by atoms with Gasteiger partial charge in [-0.1, -0.05) is 24.1 Å². The van der Waals surface area contributed by atoms with Gasteiger partial charge in [-0.2, -0.15) is 0 Å². The van der Waals surface area contributed by atoms with Crippen LogP contribution in [-0.2, 0) is 21.2 Å². The third-order valence-corrected chi connectivity index (χ3v) is 5.31. The van der Waals surface area contributed by atoms with Crippen LogP contribution in [0.15, 0.2) is 52.4 Å². The zero-order valence-electron chi connectivity index (χ0n) is 17.0. The van der Waals surface area contributed by atoms with Crippen LogP contribution < -0.4 is 16.0 Å². The summed E-state index contributed by atoms with van der Waals surface area (Å²) in [5.74, 6) is 2.72. The third-order valence-electron chi connectivity index (χ3n) is 4.05. The van der Waals surface area contributed by atoms with Gasteiger partial charge in [0.15, 0.2) is 15.8 Å². The van der Waals surface area contributed by atoms with Crippen molar-refractivity contribution in [3.8, 4) is 12.3 Å². The Kier molecular flexibility index (Phi) is 9.81. The summed E-state index contributed by atoms with van der Waals surface area (Å²) in [4.78, 5) is 16.5. The van der Waals surface area contributed by atoms with Gasteiger partial charge in [-0.05, 0) is 42.3 Å². The number of nitrogens with one attached hydrogen (secondary N) is 3. The molecule has 0 saturated heterocycles. The number of carbonyl (C=O) groups excluding carboxylic acids is 1. The number of rotatable bonds is 6. The molecule has 0 aliphatic heterocycles. The summed E-state index contributed by atoms with van der Waals surface area (Å²) in [7, 11) is -1.65. The maximum atomic E-state index is 12.1. The van der Waals surface area contributed by atoms with E-state index in [4.69, 9.17) is 6.42 Å². The van der Waals surface area contributed by atoms with Gasteiger partial charge >= 0.3 is 0 Å². The van der Waals surface area contributed by atoms with Gasteiger partial charge in [-0.25, -0.2) is 8.42 Å².